The molecule has 4 fully saturated rings. The van der Waals surface area contributed by atoms with Crippen LogP contribution < -0.4 is 10.6 Å². The summed E-state index contributed by atoms with van der Waals surface area (Å²) in [4.78, 5) is 25.8. The Labute approximate surface area is 186 Å². The zero-order valence-electron chi connectivity index (χ0n) is 17.6. The molecule has 7 nitrogen and oxygen atoms in total. The van der Waals surface area contributed by atoms with E-state index in [0.717, 1.165) is 42.8 Å². The summed E-state index contributed by atoms with van der Waals surface area (Å²) in [5.74, 6) is 2.72. The maximum absolute atomic E-state index is 12.5. The van der Waals surface area contributed by atoms with Gasteiger partial charge in [-0.05, 0) is 55.8 Å². The molecule has 0 aliphatic heterocycles. The molecule has 0 spiro atoms. The minimum absolute atomic E-state index is 0.151. The van der Waals surface area contributed by atoms with Gasteiger partial charge in [0.2, 0.25) is 5.95 Å². The maximum atomic E-state index is 12.5. The molecule has 0 radical (unpaired) electrons. The number of hydrogen-bond donors (Lipinski definition) is 2. The predicted molar refractivity (Wildman–Crippen MR) is 120 cm³/mol. The van der Waals surface area contributed by atoms with Crippen LogP contribution in [0, 0.1) is 34.5 Å². The van der Waals surface area contributed by atoms with E-state index in [4.69, 9.17) is 0 Å². The number of thioether (sulfide) groups is 1. The first kappa shape index (κ1) is 20.3. The minimum Gasteiger partial charge on any atom is -0.368 e. The molecule has 0 saturated heterocycles. The van der Waals surface area contributed by atoms with Gasteiger partial charge in [-0.25, -0.2) is 9.97 Å². The average Bonchev–Trinajstić information content (AvgIpc) is 2.79. The van der Waals surface area contributed by atoms with Crippen LogP contribution in [-0.4, -0.2) is 33.5 Å². The lowest BCUT2D eigenvalue weighted by Crippen LogP contribution is -2.53. The molecule has 2 unspecified atom stereocenters. The summed E-state index contributed by atoms with van der Waals surface area (Å²) in [7, 11) is 0. The summed E-state index contributed by atoms with van der Waals surface area (Å²) in [6, 6.07) is 6.14. The van der Waals surface area contributed by atoms with Crippen molar-refractivity contribution in [3.05, 3.63) is 35.7 Å². The summed E-state index contributed by atoms with van der Waals surface area (Å²) < 4.78 is 0. The van der Waals surface area contributed by atoms with Crippen molar-refractivity contribution in [2.75, 3.05) is 23.4 Å². The first-order chi connectivity index (χ1) is 15.1. The first-order valence-corrected chi connectivity index (χ1v) is 12.1. The molecule has 8 heteroatoms. The van der Waals surface area contributed by atoms with E-state index >= 15 is 0 Å². The van der Waals surface area contributed by atoms with E-state index in [1.807, 2.05) is 18.4 Å². The lowest BCUT2D eigenvalue weighted by atomic mass is 9.49. The SMILES string of the molecule is CSc1ncccc1CNc1ncc(C#N)c(NCC23CC4C[C@H](C2)C(=O)[C@@H](C4)C3)n1. The Hall–Kier alpha value is -2.66. The van der Waals surface area contributed by atoms with Gasteiger partial charge in [0.15, 0.2) is 0 Å². The predicted octanol–water partition coefficient (Wildman–Crippen LogP) is 3.88. The van der Waals surface area contributed by atoms with E-state index in [-0.39, 0.29) is 17.3 Å². The Morgan fingerprint density at radius 3 is 2.77 bits per heavy atom. The largest absolute Gasteiger partial charge is 0.368 e. The molecular formula is C23H26N6OS. The highest BCUT2D eigenvalue weighted by Crippen LogP contribution is 2.58. The highest BCUT2D eigenvalue weighted by atomic mass is 32.2. The number of rotatable bonds is 7. The van der Waals surface area contributed by atoms with Crippen LogP contribution in [0.5, 0.6) is 0 Å². The molecule has 2 heterocycles. The molecular weight excluding hydrogens is 408 g/mol. The van der Waals surface area contributed by atoms with Crippen LogP contribution in [0.4, 0.5) is 11.8 Å². The van der Waals surface area contributed by atoms with Crippen molar-refractivity contribution in [1.82, 2.24) is 15.0 Å². The molecule has 2 aromatic heterocycles. The van der Waals surface area contributed by atoms with Gasteiger partial charge < -0.3 is 10.6 Å². The van der Waals surface area contributed by atoms with Gasteiger partial charge in [0.1, 0.15) is 28.3 Å². The van der Waals surface area contributed by atoms with Gasteiger partial charge in [-0.3, -0.25) is 4.79 Å². The number of carbonyl (C=O) groups excluding carboxylic acids is 1. The zero-order valence-corrected chi connectivity index (χ0v) is 18.4. The summed E-state index contributed by atoms with van der Waals surface area (Å²) in [5.41, 5.74) is 1.67. The van der Waals surface area contributed by atoms with Gasteiger partial charge in [0.05, 0.1) is 6.20 Å². The lowest BCUT2D eigenvalue weighted by Gasteiger charge is -2.55. The lowest BCUT2D eigenvalue weighted by molar-refractivity contribution is -0.146. The monoisotopic (exact) mass is 434 g/mol. The zero-order chi connectivity index (χ0) is 21.4. The normalized spacial score (nSPS) is 28.4. The number of Topliss-reactive ketones (excluding diaryl/α,β-unsaturated/α-hetero) is 1. The first-order valence-electron chi connectivity index (χ1n) is 10.9. The standard InChI is InChI=1S/C23H26N6OS/c1-31-21-15(3-2-4-25-21)11-26-22-27-12-18(10-24)20(29-22)28-13-23-7-14-5-16(8-23)19(30)17(6-14)9-23/h2-4,12,14,16-17H,5-9,11,13H2,1H3,(H2,26,27,28,29)/t14?,16-,17+,23?. The van der Waals surface area contributed by atoms with Crippen LogP contribution in [0.3, 0.4) is 0 Å². The minimum atomic E-state index is 0.151. The van der Waals surface area contributed by atoms with Crippen molar-refractivity contribution < 1.29 is 4.79 Å². The summed E-state index contributed by atoms with van der Waals surface area (Å²) in [5, 5.41) is 17.2. The Morgan fingerprint density at radius 1 is 1.23 bits per heavy atom. The van der Waals surface area contributed by atoms with Gasteiger partial charge >= 0.3 is 0 Å². The summed E-state index contributed by atoms with van der Waals surface area (Å²) in [6.45, 7) is 1.32. The number of nitrogens with one attached hydrogen (secondary N) is 2. The van der Waals surface area contributed by atoms with Gasteiger partial charge in [-0.1, -0.05) is 6.07 Å². The molecule has 4 aliphatic rings. The highest BCUT2D eigenvalue weighted by Gasteiger charge is 2.54. The topological polar surface area (TPSA) is 104 Å². The van der Waals surface area contributed by atoms with E-state index in [1.54, 1.807) is 24.2 Å². The van der Waals surface area contributed by atoms with Crippen LogP contribution in [0.25, 0.3) is 0 Å². The Morgan fingerprint density at radius 2 is 2.03 bits per heavy atom. The molecule has 2 aromatic rings. The second kappa shape index (κ2) is 8.12. The summed E-state index contributed by atoms with van der Waals surface area (Å²) in [6.07, 6.45) is 10.6. The van der Waals surface area contributed by atoms with E-state index in [1.165, 1.54) is 6.42 Å². The Balaban J connectivity index is 1.29. The molecule has 160 valence electrons. The number of pyridine rings is 1. The molecule has 6 rings (SSSR count). The van der Waals surface area contributed by atoms with E-state index in [2.05, 4.69) is 31.7 Å². The molecule has 2 N–H and O–H groups in total. The van der Waals surface area contributed by atoms with Crippen LogP contribution in [-0.2, 0) is 11.3 Å². The van der Waals surface area contributed by atoms with E-state index in [9.17, 15) is 10.1 Å². The van der Waals surface area contributed by atoms with E-state index < -0.39 is 0 Å². The van der Waals surface area contributed by atoms with Crippen molar-refractivity contribution in [2.45, 2.75) is 43.7 Å². The number of hydrogen-bond acceptors (Lipinski definition) is 8. The average molecular weight is 435 g/mol. The van der Waals surface area contributed by atoms with Crippen molar-refractivity contribution in [3.8, 4) is 6.07 Å². The molecule has 4 aliphatic carbocycles. The summed E-state index contributed by atoms with van der Waals surface area (Å²) >= 11 is 1.60. The van der Waals surface area contributed by atoms with Crippen LogP contribution >= 0.6 is 11.8 Å². The smallest absolute Gasteiger partial charge is 0.224 e. The Bertz CT molecular complexity index is 1030. The third-order valence-corrected chi connectivity index (χ3v) is 7.90. The fourth-order valence-corrected chi connectivity index (χ4v) is 6.57. The molecule has 0 aromatic carbocycles. The van der Waals surface area contributed by atoms with Crippen molar-refractivity contribution >= 4 is 29.3 Å². The second-order valence-electron chi connectivity index (χ2n) is 9.19. The van der Waals surface area contributed by atoms with Gasteiger partial charge in [-0.2, -0.15) is 10.2 Å². The molecule has 31 heavy (non-hydrogen) atoms. The van der Waals surface area contributed by atoms with Crippen LogP contribution in [0.1, 0.15) is 43.2 Å². The fourth-order valence-electron chi connectivity index (χ4n) is 6.00. The van der Waals surface area contributed by atoms with Gasteiger partial charge in [0.25, 0.3) is 0 Å². The molecule has 4 bridgehead atoms. The second-order valence-corrected chi connectivity index (χ2v) is 9.99. The van der Waals surface area contributed by atoms with Crippen molar-refractivity contribution in [1.29, 1.82) is 5.26 Å². The van der Waals surface area contributed by atoms with E-state index in [0.29, 0.717) is 35.6 Å². The quantitative estimate of drug-likeness (QED) is 0.633. The fraction of sp³-hybridized carbons (Fsp3) is 0.522. The third kappa shape index (κ3) is 3.87. The number of carbonyl (C=O) groups is 1. The number of anilines is 2. The highest BCUT2D eigenvalue weighted by molar-refractivity contribution is 7.98. The van der Waals surface area contributed by atoms with Gasteiger partial charge in [0, 0.05) is 36.7 Å². The van der Waals surface area contributed by atoms with Crippen LogP contribution in [0.2, 0.25) is 0 Å². The number of ketones is 1. The molecule has 4 atom stereocenters. The van der Waals surface area contributed by atoms with Crippen molar-refractivity contribution in [3.63, 3.8) is 0 Å². The number of nitriles is 1. The molecule has 4 saturated carbocycles. The number of nitrogens with zero attached hydrogens (tertiary/aromatic N) is 4. The Kier molecular flexibility index (Phi) is 5.30. The van der Waals surface area contributed by atoms with Crippen LogP contribution in [0.15, 0.2) is 29.6 Å². The van der Waals surface area contributed by atoms with Crippen molar-refractivity contribution in [2.24, 2.45) is 23.2 Å². The third-order valence-electron chi connectivity index (χ3n) is 7.14. The van der Waals surface area contributed by atoms with Gasteiger partial charge in [-0.15, -0.1) is 11.8 Å². The maximum Gasteiger partial charge on any atom is 0.224 e. The molecule has 0 amide bonds. The number of aromatic nitrogens is 3.